The third-order valence-corrected chi connectivity index (χ3v) is 5.76. The summed E-state index contributed by atoms with van der Waals surface area (Å²) in [6.07, 6.45) is 1.42. The van der Waals surface area contributed by atoms with Gasteiger partial charge in [-0.1, -0.05) is 26.0 Å². The van der Waals surface area contributed by atoms with Gasteiger partial charge in [0.1, 0.15) is 6.61 Å². The molecule has 6 nitrogen and oxygen atoms in total. The second kappa shape index (κ2) is 6.99. The molecule has 2 aliphatic heterocycles. The Morgan fingerprint density at radius 1 is 1.27 bits per heavy atom. The maximum Gasteiger partial charge on any atom is 0.191 e. The van der Waals surface area contributed by atoms with Crippen LogP contribution in [0.25, 0.3) is 0 Å². The van der Waals surface area contributed by atoms with Crippen molar-refractivity contribution in [1.82, 2.24) is 10.6 Å². The van der Waals surface area contributed by atoms with Gasteiger partial charge in [0, 0.05) is 30.5 Å². The van der Waals surface area contributed by atoms with Crippen LogP contribution in [-0.4, -0.2) is 50.5 Å². The molecule has 4 unspecified atom stereocenters. The Labute approximate surface area is 155 Å². The third-order valence-electron chi connectivity index (χ3n) is 5.76. The van der Waals surface area contributed by atoms with E-state index in [0.717, 1.165) is 37.0 Å². The van der Waals surface area contributed by atoms with E-state index in [1.54, 1.807) is 0 Å². The number of guanidine groups is 1. The lowest BCUT2D eigenvalue weighted by Gasteiger charge is -2.54. The van der Waals surface area contributed by atoms with Crippen LogP contribution in [0.15, 0.2) is 29.3 Å². The van der Waals surface area contributed by atoms with Gasteiger partial charge in [0.15, 0.2) is 23.6 Å². The monoisotopic (exact) mass is 359 g/mol. The van der Waals surface area contributed by atoms with Crippen molar-refractivity contribution in [1.29, 1.82) is 0 Å². The SMILES string of the molecule is CCNC(=NCC1COc2ccccc2O1)NC1C2CCOC2C1(C)C. The highest BCUT2D eigenvalue weighted by Crippen LogP contribution is 2.52. The van der Waals surface area contributed by atoms with Crippen LogP contribution in [0.3, 0.4) is 0 Å². The van der Waals surface area contributed by atoms with Crippen LogP contribution in [0.2, 0.25) is 0 Å². The van der Waals surface area contributed by atoms with Gasteiger partial charge >= 0.3 is 0 Å². The average Bonchev–Trinajstić information content (AvgIpc) is 3.11. The van der Waals surface area contributed by atoms with Crippen LogP contribution in [0.5, 0.6) is 11.5 Å². The fourth-order valence-corrected chi connectivity index (χ4v) is 4.43. The average molecular weight is 359 g/mol. The van der Waals surface area contributed by atoms with Gasteiger partial charge in [-0.05, 0) is 25.5 Å². The number of nitrogens with zero attached hydrogens (tertiary/aromatic N) is 1. The van der Waals surface area contributed by atoms with E-state index < -0.39 is 0 Å². The van der Waals surface area contributed by atoms with Crippen LogP contribution in [0.4, 0.5) is 0 Å². The fraction of sp³-hybridized carbons (Fsp3) is 0.650. The Balaban J connectivity index is 1.39. The Morgan fingerprint density at radius 3 is 2.88 bits per heavy atom. The predicted molar refractivity (Wildman–Crippen MR) is 101 cm³/mol. The lowest BCUT2D eigenvalue weighted by molar-refractivity contribution is -0.106. The minimum atomic E-state index is -0.0719. The number of benzene rings is 1. The first-order valence-corrected chi connectivity index (χ1v) is 9.64. The lowest BCUT2D eigenvalue weighted by Crippen LogP contribution is -2.68. The van der Waals surface area contributed by atoms with Crippen molar-refractivity contribution < 1.29 is 14.2 Å². The van der Waals surface area contributed by atoms with Crippen LogP contribution >= 0.6 is 0 Å². The molecule has 1 aromatic carbocycles. The van der Waals surface area contributed by atoms with E-state index in [0.29, 0.717) is 31.2 Å². The van der Waals surface area contributed by atoms with Crippen molar-refractivity contribution in [2.45, 2.75) is 45.4 Å². The number of ether oxygens (including phenoxy) is 3. The highest BCUT2D eigenvalue weighted by atomic mass is 16.6. The first kappa shape index (κ1) is 17.5. The van der Waals surface area contributed by atoms with Gasteiger partial charge in [-0.2, -0.15) is 0 Å². The molecule has 4 rings (SSSR count). The molecule has 1 saturated carbocycles. The largest absolute Gasteiger partial charge is 0.486 e. The van der Waals surface area contributed by atoms with Crippen LogP contribution in [0.1, 0.15) is 27.2 Å². The van der Waals surface area contributed by atoms with E-state index in [-0.39, 0.29) is 11.5 Å². The van der Waals surface area contributed by atoms with Gasteiger partial charge in [0.05, 0.1) is 12.6 Å². The van der Waals surface area contributed by atoms with Gasteiger partial charge in [0.2, 0.25) is 0 Å². The zero-order valence-corrected chi connectivity index (χ0v) is 15.8. The molecule has 1 aromatic rings. The molecule has 0 aromatic heterocycles. The maximum atomic E-state index is 6.01. The zero-order chi connectivity index (χ0) is 18.1. The molecule has 0 amide bonds. The highest BCUT2D eigenvalue weighted by molar-refractivity contribution is 5.80. The maximum absolute atomic E-state index is 6.01. The number of hydrogen-bond donors (Lipinski definition) is 2. The van der Waals surface area contributed by atoms with Crippen LogP contribution < -0.4 is 20.1 Å². The second-order valence-electron chi connectivity index (χ2n) is 7.90. The molecular weight excluding hydrogens is 330 g/mol. The number of aliphatic imine (C=N–C) groups is 1. The van der Waals surface area contributed by atoms with Gasteiger partial charge in [-0.3, -0.25) is 0 Å². The summed E-state index contributed by atoms with van der Waals surface area (Å²) in [5.41, 5.74) is 0.126. The van der Waals surface area contributed by atoms with E-state index in [1.165, 1.54) is 0 Å². The fourth-order valence-electron chi connectivity index (χ4n) is 4.43. The van der Waals surface area contributed by atoms with Crippen molar-refractivity contribution >= 4 is 5.96 Å². The minimum Gasteiger partial charge on any atom is -0.486 e. The first-order valence-electron chi connectivity index (χ1n) is 9.64. The topological polar surface area (TPSA) is 64.1 Å². The van der Waals surface area contributed by atoms with Crippen molar-refractivity contribution in [2.24, 2.45) is 16.3 Å². The number of nitrogens with one attached hydrogen (secondary N) is 2. The standard InChI is InChI=1S/C20H29N3O3/c1-4-21-19(23-17-14-9-10-24-18(14)20(17,2)3)22-11-13-12-25-15-7-5-6-8-16(15)26-13/h5-8,13-14,17-18H,4,9-12H2,1-3H3,(H2,21,22,23). The minimum absolute atomic E-state index is 0.0719. The molecule has 0 bridgehead atoms. The molecule has 0 spiro atoms. The number of para-hydroxylation sites is 2. The van der Waals surface area contributed by atoms with Gasteiger partial charge in [-0.25, -0.2) is 4.99 Å². The van der Waals surface area contributed by atoms with E-state index >= 15 is 0 Å². The molecule has 6 heteroatoms. The summed E-state index contributed by atoms with van der Waals surface area (Å²) in [4.78, 5) is 4.76. The van der Waals surface area contributed by atoms with Gasteiger partial charge in [-0.15, -0.1) is 0 Å². The van der Waals surface area contributed by atoms with Crippen molar-refractivity contribution in [3.63, 3.8) is 0 Å². The summed E-state index contributed by atoms with van der Waals surface area (Å²) < 4.78 is 17.7. The summed E-state index contributed by atoms with van der Waals surface area (Å²) in [7, 11) is 0. The smallest absolute Gasteiger partial charge is 0.191 e. The predicted octanol–water partition coefficient (Wildman–Crippen LogP) is 2.19. The second-order valence-corrected chi connectivity index (χ2v) is 7.90. The number of fused-ring (bicyclic) bond motifs is 2. The third kappa shape index (κ3) is 3.11. The van der Waals surface area contributed by atoms with Crippen molar-refractivity contribution in [2.75, 3.05) is 26.3 Å². The molecule has 2 fully saturated rings. The quantitative estimate of drug-likeness (QED) is 0.637. The molecule has 2 heterocycles. The summed E-state index contributed by atoms with van der Waals surface area (Å²) in [5, 5.41) is 7.00. The zero-order valence-electron chi connectivity index (χ0n) is 15.8. The summed E-state index contributed by atoms with van der Waals surface area (Å²) in [6, 6.07) is 8.16. The molecule has 1 aliphatic carbocycles. The molecular formula is C20H29N3O3. The molecule has 142 valence electrons. The van der Waals surface area contributed by atoms with E-state index in [1.807, 2.05) is 24.3 Å². The molecule has 1 saturated heterocycles. The molecule has 2 N–H and O–H groups in total. The van der Waals surface area contributed by atoms with Crippen LogP contribution in [-0.2, 0) is 4.74 Å². The first-order chi connectivity index (χ1) is 12.6. The number of hydrogen-bond acceptors (Lipinski definition) is 4. The van der Waals surface area contributed by atoms with Crippen molar-refractivity contribution in [3.05, 3.63) is 24.3 Å². The van der Waals surface area contributed by atoms with E-state index in [2.05, 4.69) is 31.4 Å². The van der Waals surface area contributed by atoms with E-state index in [4.69, 9.17) is 19.2 Å². The van der Waals surface area contributed by atoms with E-state index in [9.17, 15) is 0 Å². The van der Waals surface area contributed by atoms with Gasteiger partial charge in [0.25, 0.3) is 0 Å². The highest BCUT2D eigenvalue weighted by Gasteiger charge is 2.59. The summed E-state index contributed by atoms with van der Waals surface area (Å²) >= 11 is 0. The Bertz CT molecular complexity index is 676. The van der Waals surface area contributed by atoms with Crippen molar-refractivity contribution in [3.8, 4) is 11.5 Å². The summed E-state index contributed by atoms with van der Waals surface area (Å²) in [6.45, 7) is 9.41. The normalized spacial score (nSPS) is 31.7. The Kier molecular flexibility index (Phi) is 4.69. The molecule has 26 heavy (non-hydrogen) atoms. The molecule has 3 aliphatic rings. The summed E-state index contributed by atoms with van der Waals surface area (Å²) in [5.74, 6) is 3.03. The van der Waals surface area contributed by atoms with Crippen LogP contribution in [0, 0.1) is 11.3 Å². The molecule has 4 atom stereocenters. The Hall–Kier alpha value is -1.95. The lowest BCUT2D eigenvalue weighted by atomic mass is 9.57. The van der Waals surface area contributed by atoms with Gasteiger partial charge < -0.3 is 24.8 Å². The number of rotatable bonds is 4. The molecule has 0 radical (unpaired) electrons. The Morgan fingerprint density at radius 2 is 2.08 bits per heavy atom.